The maximum absolute atomic E-state index is 12.7. The minimum Gasteiger partial charge on any atom is -0.497 e. The first-order valence-electron chi connectivity index (χ1n) is 7.27. The van der Waals surface area contributed by atoms with Gasteiger partial charge in [-0.2, -0.15) is 0 Å². The third kappa shape index (κ3) is 3.24. The van der Waals surface area contributed by atoms with E-state index in [0.717, 1.165) is 24.2 Å². The van der Waals surface area contributed by atoms with Crippen molar-refractivity contribution in [2.75, 3.05) is 7.11 Å². The van der Waals surface area contributed by atoms with Gasteiger partial charge in [-0.15, -0.1) is 0 Å². The lowest BCUT2D eigenvalue weighted by atomic mass is 10.1. The molecule has 21 heavy (non-hydrogen) atoms. The van der Waals surface area contributed by atoms with Crippen molar-refractivity contribution < 1.29 is 9.53 Å². The first-order chi connectivity index (χ1) is 10.3. The van der Waals surface area contributed by atoms with Crippen LogP contribution in [0.3, 0.4) is 0 Å². The smallest absolute Gasteiger partial charge is 0.254 e. The summed E-state index contributed by atoms with van der Waals surface area (Å²) in [6, 6.07) is 17.9. The molecule has 1 amide bonds. The van der Waals surface area contributed by atoms with Crippen LogP contribution in [-0.2, 0) is 6.54 Å². The number of hydrogen-bond donors (Lipinski definition) is 0. The van der Waals surface area contributed by atoms with Crippen LogP contribution in [0.25, 0.3) is 0 Å². The van der Waals surface area contributed by atoms with E-state index in [1.807, 2.05) is 47.4 Å². The second-order valence-corrected chi connectivity index (χ2v) is 5.38. The summed E-state index contributed by atoms with van der Waals surface area (Å²) >= 11 is 0. The maximum atomic E-state index is 12.7. The molecule has 108 valence electrons. The van der Waals surface area contributed by atoms with E-state index in [9.17, 15) is 4.79 Å². The van der Waals surface area contributed by atoms with E-state index >= 15 is 0 Å². The molecule has 1 aliphatic rings. The number of amides is 1. The Kier molecular flexibility index (Phi) is 3.91. The topological polar surface area (TPSA) is 29.5 Å². The van der Waals surface area contributed by atoms with Gasteiger partial charge in [0, 0.05) is 18.2 Å². The molecular weight excluding hydrogens is 262 g/mol. The lowest BCUT2D eigenvalue weighted by Crippen LogP contribution is -2.32. The minimum atomic E-state index is 0.101. The number of methoxy groups -OCH3 is 1. The van der Waals surface area contributed by atoms with Gasteiger partial charge in [0.25, 0.3) is 5.91 Å². The largest absolute Gasteiger partial charge is 0.497 e. The van der Waals surface area contributed by atoms with E-state index in [1.54, 1.807) is 7.11 Å². The third-order valence-corrected chi connectivity index (χ3v) is 3.78. The minimum absolute atomic E-state index is 0.101. The van der Waals surface area contributed by atoms with Gasteiger partial charge in [0.1, 0.15) is 5.75 Å². The van der Waals surface area contributed by atoms with E-state index < -0.39 is 0 Å². The van der Waals surface area contributed by atoms with Crippen LogP contribution >= 0.6 is 0 Å². The molecule has 0 spiro atoms. The average molecular weight is 281 g/mol. The molecule has 1 saturated carbocycles. The van der Waals surface area contributed by atoms with Crippen LogP contribution in [0.5, 0.6) is 5.75 Å². The molecule has 1 fully saturated rings. The molecule has 3 nitrogen and oxygen atoms in total. The molecule has 0 radical (unpaired) electrons. The molecule has 3 rings (SSSR count). The molecule has 0 unspecified atom stereocenters. The first-order valence-corrected chi connectivity index (χ1v) is 7.27. The normalized spacial score (nSPS) is 13.8. The van der Waals surface area contributed by atoms with Crippen molar-refractivity contribution in [2.45, 2.75) is 25.4 Å². The Morgan fingerprint density at radius 1 is 1.10 bits per heavy atom. The predicted octanol–water partition coefficient (Wildman–Crippen LogP) is 3.50. The zero-order valence-corrected chi connectivity index (χ0v) is 12.2. The van der Waals surface area contributed by atoms with Gasteiger partial charge in [-0.25, -0.2) is 0 Å². The van der Waals surface area contributed by atoms with Gasteiger partial charge in [-0.1, -0.05) is 30.3 Å². The van der Waals surface area contributed by atoms with Crippen LogP contribution in [0.1, 0.15) is 28.8 Å². The van der Waals surface area contributed by atoms with E-state index in [0.29, 0.717) is 12.6 Å². The highest BCUT2D eigenvalue weighted by molar-refractivity contribution is 5.94. The predicted molar refractivity (Wildman–Crippen MR) is 82.3 cm³/mol. The van der Waals surface area contributed by atoms with Gasteiger partial charge in [0.2, 0.25) is 0 Å². The van der Waals surface area contributed by atoms with Crippen LogP contribution in [0.4, 0.5) is 0 Å². The molecule has 2 aromatic rings. The molecule has 0 N–H and O–H groups in total. The fourth-order valence-corrected chi connectivity index (χ4v) is 2.43. The van der Waals surface area contributed by atoms with Gasteiger partial charge in [0.15, 0.2) is 0 Å². The Labute approximate surface area is 125 Å². The second kappa shape index (κ2) is 6.00. The number of ether oxygens (including phenoxy) is 1. The van der Waals surface area contributed by atoms with E-state index in [-0.39, 0.29) is 5.91 Å². The van der Waals surface area contributed by atoms with Crippen molar-refractivity contribution >= 4 is 5.91 Å². The van der Waals surface area contributed by atoms with Gasteiger partial charge in [-0.05, 0) is 42.7 Å². The molecule has 3 heteroatoms. The molecule has 0 bridgehead atoms. The number of nitrogens with zero attached hydrogens (tertiary/aromatic N) is 1. The highest BCUT2D eigenvalue weighted by Gasteiger charge is 2.32. The van der Waals surface area contributed by atoms with Crippen molar-refractivity contribution in [2.24, 2.45) is 0 Å². The molecule has 0 aromatic heterocycles. The molecular formula is C18H19NO2. The van der Waals surface area contributed by atoms with Crippen molar-refractivity contribution in [1.29, 1.82) is 0 Å². The zero-order valence-electron chi connectivity index (χ0n) is 12.2. The van der Waals surface area contributed by atoms with Crippen LogP contribution in [0, 0.1) is 0 Å². The standard InChI is InChI=1S/C18H19NO2/c1-21-17-11-7-15(8-12-17)18(20)19(16-9-10-16)13-14-5-3-2-4-6-14/h2-8,11-12,16H,9-10,13H2,1H3. The molecule has 0 aliphatic heterocycles. The zero-order chi connectivity index (χ0) is 14.7. The number of benzene rings is 2. The third-order valence-electron chi connectivity index (χ3n) is 3.78. The average Bonchev–Trinajstić information content (AvgIpc) is 3.38. The molecule has 0 heterocycles. The van der Waals surface area contributed by atoms with E-state index in [2.05, 4.69) is 12.1 Å². The van der Waals surface area contributed by atoms with Gasteiger partial charge >= 0.3 is 0 Å². The molecule has 1 aliphatic carbocycles. The fraction of sp³-hybridized carbons (Fsp3) is 0.278. The Morgan fingerprint density at radius 3 is 2.33 bits per heavy atom. The maximum Gasteiger partial charge on any atom is 0.254 e. The Hall–Kier alpha value is -2.29. The highest BCUT2D eigenvalue weighted by Crippen LogP contribution is 2.30. The van der Waals surface area contributed by atoms with Gasteiger partial charge < -0.3 is 9.64 Å². The molecule has 0 saturated heterocycles. The summed E-state index contributed by atoms with van der Waals surface area (Å²) in [5.74, 6) is 0.872. The lowest BCUT2D eigenvalue weighted by molar-refractivity contribution is 0.0730. The number of carbonyl (C=O) groups excluding carboxylic acids is 1. The highest BCUT2D eigenvalue weighted by atomic mass is 16.5. The summed E-state index contributed by atoms with van der Waals surface area (Å²) in [7, 11) is 1.63. The van der Waals surface area contributed by atoms with Crippen LogP contribution in [0.2, 0.25) is 0 Å². The number of rotatable bonds is 5. The van der Waals surface area contributed by atoms with Crippen molar-refractivity contribution in [3.05, 3.63) is 65.7 Å². The van der Waals surface area contributed by atoms with Crippen LogP contribution in [-0.4, -0.2) is 24.0 Å². The number of carbonyl (C=O) groups is 1. The summed E-state index contributed by atoms with van der Waals surface area (Å²) in [5, 5.41) is 0. The summed E-state index contributed by atoms with van der Waals surface area (Å²) < 4.78 is 5.14. The van der Waals surface area contributed by atoms with Gasteiger partial charge in [0.05, 0.1) is 7.11 Å². The van der Waals surface area contributed by atoms with Crippen molar-refractivity contribution in [3.8, 4) is 5.75 Å². The van der Waals surface area contributed by atoms with Gasteiger partial charge in [-0.3, -0.25) is 4.79 Å². The monoisotopic (exact) mass is 281 g/mol. The summed E-state index contributed by atoms with van der Waals surface area (Å²) in [6.07, 6.45) is 2.21. The quantitative estimate of drug-likeness (QED) is 0.839. The number of hydrogen-bond acceptors (Lipinski definition) is 2. The lowest BCUT2D eigenvalue weighted by Gasteiger charge is -2.22. The SMILES string of the molecule is COc1ccc(C(=O)N(Cc2ccccc2)C2CC2)cc1. The van der Waals surface area contributed by atoms with Crippen LogP contribution in [0.15, 0.2) is 54.6 Å². The summed E-state index contributed by atoms with van der Waals surface area (Å²) in [6.45, 7) is 0.677. The summed E-state index contributed by atoms with van der Waals surface area (Å²) in [4.78, 5) is 14.7. The second-order valence-electron chi connectivity index (χ2n) is 5.38. The Balaban J connectivity index is 1.78. The Morgan fingerprint density at radius 2 is 1.76 bits per heavy atom. The molecule has 2 aromatic carbocycles. The van der Waals surface area contributed by atoms with Crippen molar-refractivity contribution in [3.63, 3.8) is 0 Å². The van der Waals surface area contributed by atoms with Crippen LogP contribution < -0.4 is 4.74 Å². The first kappa shape index (κ1) is 13.7. The van der Waals surface area contributed by atoms with Crippen molar-refractivity contribution in [1.82, 2.24) is 4.90 Å². The Bertz CT molecular complexity index is 603. The fourth-order valence-electron chi connectivity index (χ4n) is 2.43. The molecule has 0 atom stereocenters. The van der Waals surface area contributed by atoms with E-state index in [4.69, 9.17) is 4.74 Å². The van der Waals surface area contributed by atoms with E-state index in [1.165, 1.54) is 5.56 Å². The summed E-state index contributed by atoms with van der Waals surface area (Å²) in [5.41, 5.74) is 1.89.